The van der Waals surface area contributed by atoms with Gasteiger partial charge in [0.05, 0.1) is 0 Å². The van der Waals surface area contributed by atoms with Crippen molar-refractivity contribution >= 4 is 11.4 Å². The third kappa shape index (κ3) is 5.38. The summed E-state index contributed by atoms with van der Waals surface area (Å²) < 4.78 is 10.3. The second kappa shape index (κ2) is 9.78. The topological polar surface area (TPSA) is 24.7 Å². The van der Waals surface area contributed by atoms with Gasteiger partial charge in [0.15, 0.2) is 0 Å². The van der Waals surface area contributed by atoms with E-state index in [0.717, 1.165) is 0 Å². The van der Waals surface area contributed by atoms with Crippen LogP contribution in [0.15, 0.2) is 43.4 Å². The van der Waals surface area contributed by atoms with Crippen LogP contribution in [-0.2, 0) is 18.2 Å². The van der Waals surface area contributed by atoms with Crippen molar-refractivity contribution in [2.24, 2.45) is 6.99 Å². The first-order valence-corrected chi connectivity index (χ1v) is 12.7. The van der Waals surface area contributed by atoms with Crippen LogP contribution in [0.2, 0.25) is 0 Å². The van der Waals surface area contributed by atoms with Crippen LogP contribution in [0.25, 0.3) is 0 Å². The van der Waals surface area contributed by atoms with Gasteiger partial charge in [0.1, 0.15) is 0 Å². The van der Waals surface area contributed by atoms with E-state index in [0.29, 0.717) is 23.7 Å². The van der Waals surface area contributed by atoms with Crippen molar-refractivity contribution in [3.63, 3.8) is 0 Å². The Morgan fingerprint density at radius 2 is 0.778 bits per heavy atom. The molecular weight excluding hydrogens is 500 g/mol. The molecule has 0 amide bonds. The van der Waals surface area contributed by atoms with Gasteiger partial charge in [0.25, 0.3) is 0 Å². The van der Waals surface area contributed by atoms with Crippen LogP contribution >= 0.6 is 0 Å². The van der Waals surface area contributed by atoms with Crippen LogP contribution in [0.3, 0.4) is 0 Å². The second-order valence-electron chi connectivity index (χ2n) is 8.45. The summed E-state index contributed by atoms with van der Waals surface area (Å²) in [6.45, 7) is 18.0. The summed E-state index contributed by atoms with van der Waals surface area (Å²) in [7, 11) is 0. The van der Waals surface area contributed by atoms with Crippen molar-refractivity contribution in [1.29, 1.82) is 0 Å². The first-order valence-electron chi connectivity index (χ1n) is 10.1. The predicted molar refractivity (Wildman–Crippen MR) is 113 cm³/mol. The van der Waals surface area contributed by atoms with E-state index in [1.54, 1.807) is 0 Å². The van der Waals surface area contributed by atoms with Gasteiger partial charge in [-0.15, -0.1) is 0 Å². The summed E-state index contributed by atoms with van der Waals surface area (Å²) in [5.74, 6) is 1.93. The van der Waals surface area contributed by atoms with E-state index in [9.17, 15) is 0 Å². The van der Waals surface area contributed by atoms with Crippen LogP contribution in [-0.4, -0.2) is 0 Å². The molecule has 0 spiro atoms. The number of nitrogens with zero attached hydrogens (tertiary/aromatic N) is 2. The zero-order valence-corrected chi connectivity index (χ0v) is 21.0. The molecule has 2 rings (SSSR count). The molecule has 0 heterocycles. The molecule has 27 heavy (non-hydrogen) atoms. The fourth-order valence-corrected chi connectivity index (χ4v) is 5.58. The van der Waals surface area contributed by atoms with Crippen LogP contribution in [0.4, 0.5) is 11.4 Å². The molecule has 0 fully saturated rings. The van der Waals surface area contributed by atoms with E-state index < -0.39 is 18.2 Å². The third-order valence-corrected chi connectivity index (χ3v) is 6.85. The molecule has 0 aliphatic carbocycles. The minimum atomic E-state index is -1.23. The molecule has 0 radical (unpaired) electrons. The summed E-state index contributed by atoms with van der Waals surface area (Å²) in [6, 6.07) is 13.3. The standard InChI is InChI=1S/2C12H17N.W/c2*1-8(2)10-6-5-7-11(9(3)4)12(10)13;/h2*5-9H,1-4H3;. The zero-order chi connectivity index (χ0) is 20.1. The van der Waals surface area contributed by atoms with Crippen LogP contribution < -0.4 is 0 Å². The molecule has 0 aliphatic heterocycles. The van der Waals surface area contributed by atoms with Crippen LogP contribution in [0.1, 0.15) is 101 Å². The molecule has 0 bridgehead atoms. The number of hydrogen-bond donors (Lipinski definition) is 0. The molecule has 2 aromatic carbocycles. The minimum absolute atomic E-state index is 0.482. The van der Waals surface area contributed by atoms with Gasteiger partial charge in [-0.2, -0.15) is 0 Å². The molecular formula is C24H34N2W. The van der Waals surface area contributed by atoms with Crippen molar-refractivity contribution in [2.45, 2.75) is 79.1 Å². The maximum absolute atomic E-state index is 5.14. The average Bonchev–Trinajstić information content (AvgIpc) is 2.61. The van der Waals surface area contributed by atoms with Crippen molar-refractivity contribution in [2.75, 3.05) is 0 Å². The molecule has 3 heteroatoms. The third-order valence-electron chi connectivity index (χ3n) is 4.95. The first kappa shape index (κ1) is 22.0. The first-order chi connectivity index (χ1) is 12.7. The predicted octanol–water partition coefficient (Wildman–Crippen LogP) is 8.59. The second-order valence-corrected chi connectivity index (χ2v) is 10.4. The Labute approximate surface area is 174 Å². The van der Waals surface area contributed by atoms with E-state index in [-0.39, 0.29) is 0 Å². The Morgan fingerprint density at radius 3 is 1.00 bits per heavy atom. The molecule has 0 aliphatic rings. The summed E-state index contributed by atoms with van der Waals surface area (Å²) in [4.78, 5) is 0. The van der Waals surface area contributed by atoms with Gasteiger partial charge in [-0.1, -0.05) is 0 Å². The molecule has 0 atom stereocenters. The van der Waals surface area contributed by atoms with Gasteiger partial charge >= 0.3 is 174 Å². The normalized spacial score (nSPS) is 11.6. The fourth-order valence-electron chi connectivity index (χ4n) is 3.34. The monoisotopic (exact) mass is 534 g/mol. The molecule has 0 saturated heterocycles. The van der Waals surface area contributed by atoms with Gasteiger partial charge in [-0.25, -0.2) is 0 Å². The Morgan fingerprint density at radius 1 is 0.519 bits per heavy atom. The van der Waals surface area contributed by atoms with Crippen LogP contribution in [0, 0.1) is 0 Å². The summed E-state index contributed by atoms with van der Waals surface area (Å²) in [5.41, 5.74) is 7.86. The molecule has 2 aromatic rings. The van der Waals surface area contributed by atoms with Gasteiger partial charge in [-0.3, -0.25) is 0 Å². The van der Waals surface area contributed by atoms with Gasteiger partial charge in [0, 0.05) is 0 Å². The summed E-state index contributed by atoms with van der Waals surface area (Å²) >= 11 is -1.23. The molecule has 0 aromatic heterocycles. The number of hydrogen-bond acceptors (Lipinski definition) is 2. The van der Waals surface area contributed by atoms with Gasteiger partial charge in [-0.05, 0) is 0 Å². The molecule has 146 valence electrons. The Bertz CT molecular complexity index is 721. The quantitative estimate of drug-likeness (QED) is 0.355. The van der Waals surface area contributed by atoms with Crippen LogP contribution in [0.5, 0.6) is 0 Å². The van der Waals surface area contributed by atoms with E-state index in [4.69, 9.17) is 6.99 Å². The fraction of sp³-hybridized carbons (Fsp3) is 0.500. The van der Waals surface area contributed by atoms with Crippen molar-refractivity contribution in [3.8, 4) is 0 Å². The summed E-state index contributed by atoms with van der Waals surface area (Å²) in [6.07, 6.45) is 0. The van der Waals surface area contributed by atoms with E-state index in [1.165, 1.54) is 33.6 Å². The van der Waals surface area contributed by atoms with Crippen molar-refractivity contribution < 1.29 is 18.2 Å². The van der Waals surface area contributed by atoms with E-state index >= 15 is 0 Å². The molecule has 2 nitrogen and oxygen atoms in total. The maximum atomic E-state index is 5.14. The van der Waals surface area contributed by atoms with E-state index in [1.807, 2.05) is 0 Å². The van der Waals surface area contributed by atoms with Crippen molar-refractivity contribution in [1.82, 2.24) is 0 Å². The average molecular weight is 534 g/mol. The van der Waals surface area contributed by atoms with Gasteiger partial charge < -0.3 is 0 Å². The van der Waals surface area contributed by atoms with Crippen molar-refractivity contribution in [3.05, 3.63) is 58.7 Å². The Kier molecular flexibility index (Phi) is 7.98. The Balaban J connectivity index is 2.62. The summed E-state index contributed by atoms with van der Waals surface area (Å²) in [5, 5.41) is 0. The molecule has 0 unspecified atom stereocenters. The number of rotatable bonds is 6. The molecule has 0 N–H and O–H groups in total. The SMILES string of the molecule is CC(C)c1cccc(C(C)C)c1[N]=[W]=[N]c1c(C(C)C)cccc1C(C)C. The molecule has 0 saturated carbocycles. The zero-order valence-electron chi connectivity index (χ0n) is 18.1. The number of benzene rings is 2. The van der Waals surface area contributed by atoms with Gasteiger partial charge in [0.2, 0.25) is 0 Å². The van der Waals surface area contributed by atoms with E-state index in [2.05, 4.69) is 91.8 Å². The Hall–Kier alpha value is -1.27.